The fraction of sp³-hybridized carbons (Fsp3) is 0.150. The van der Waals surface area contributed by atoms with Crippen LogP contribution in [-0.4, -0.2) is 12.6 Å². The summed E-state index contributed by atoms with van der Waals surface area (Å²) in [6, 6.07) is 19.2. The van der Waals surface area contributed by atoms with Crippen molar-refractivity contribution in [3.8, 4) is 11.5 Å². The summed E-state index contributed by atoms with van der Waals surface area (Å²) in [5.41, 5.74) is 1.17. The van der Waals surface area contributed by atoms with Crippen molar-refractivity contribution in [2.75, 3.05) is 6.61 Å². The standard InChI is InChI=1S/C20H17BrO3/c1-2-14-4-3-5-18(10-14)23-13-20(22)24-19-9-7-15-11-17(21)8-6-16(15)12-19/h3-12H,2,13H2,1H3. The molecule has 3 nitrogen and oxygen atoms in total. The summed E-state index contributed by atoms with van der Waals surface area (Å²) < 4.78 is 11.9. The molecule has 122 valence electrons. The lowest BCUT2D eigenvalue weighted by atomic mass is 10.1. The van der Waals surface area contributed by atoms with Crippen LogP contribution in [0.15, 0.2) is 65.1 Å². The van der Waals surface area contributed by atoms with Gasteiger partial charge in [-0.05, 0) is 59.2 Å². The van der Waals surface area contributed by atoms with Gasteiger partial charge in [-0.3, -0.25) is 0 Å². The molecule has 0 spiro atoms. The zero-order valence-electron chi connectivity index (χ0n) is 13.3. The van der Waals surface area contributed by atoms with Crippen molar-refractivity contribution in [1.82, 2.24) is 0 Å². The maximum Gasteiger partial charge on any atom is 0.349 e. The van der Waals surface area contributed by atoms with Crippen LogP contribution in [0.5, 0.6) is 11.5 Å². The molecule has 0 saturated carbocycles. The van der Waals surface area contributed by atoms with Crippen LogP contribution < -0.4 is 9.47 Å². The van der Waals surface area contributed by atoms with E-state index in [9.17, 15) is 4.79 Å². The summed E-state index contributed by atoms with van der Waals surface area (Å²) in [7, 11) is 0. The molecule has 0 amide bonds. The van der Waals surface area contributed by atoms with Gasteiger partial charge >= 0.3 is 5.97 Å². The van der Waals surface area contributed by atoms with E-state index >= 15 is 0 Å². The second kappa shape index (κ2) is 7.49. The molecule has 24 heavy (non-hydrogen) atoms. The summed E-state index contributed by atoms with van der Waals surface area (Å²) in [5, 5.41) is 2.09. The lowest BCUT2D eigenvalue weighted by Gasteiger charge is -2.08. The number of ether oxygens (including phenoxy) is 2. The quantitative estimate of drug-likeness (QED) is 0.450. The summed E-state index contributed by atoms with van der Waals surface area (Å²) in [6.07, 6.45) is 0.925. The van der Waals surface area contributed by atoms with Gasteiger partial charge < -0.3 is 9.47 Å². The SMILES string of the molecule is CCc1cccc(OCC(=O)Oc2ccc3cc(Br)ccc3c2)c1. The Bertz CT molecular complexity index is 874. The first-order valence-corrected chi connectivity index (χ1v) is 8.55. The van der Waals surface area contributed by atoms with Gasteiger partial charge in [0.1, 0.15) is 11.5 Å². The molecule has 3 rings (SSSR count). The summed E-state index contributed by atoms with van der Waals surface area (Å²) >= 11 is 3.44. The number of fused-ring (bicyclic) bond motifs is 1. The van der Waals surface area contributed by atoms with E-state index in [0.717, 1.165) is 21.7 Å². The Labute approximate surface area is 149 Å². The highest BCUT2D eigenvalue weighted by Gasteiger charge is 2.07. The van der Waals surface area contributed by atoms with Gasteiger partial charge in [-0.2, -0.15) is 0 Å². The van der Waals surface area contributed by atoms with Crippen molar-refractivity contribution in [3.63, 3.8) is 0 Å². The van der Waals surface area contributed by atoms with Crippen molar-refractivity contribution in [2.24, 2.45) is 0 Å². The minimum Gasteiger partial charge on any atom is -0.482 e. The summed E-state index contributed by atoms with van der Waals surface area (Å²) in [5.74, 6) is 0.767. The van der Waals surface area contributed by atoms with Gasteiger partial charge in [0.25, 0.3) is 0 Å². The van der Waals surface area contributed by atoms with Crippen LogP contribution in [0.3, 0.4) is 0 Å². The normalized spacial score (nSPS) is 10.6. The van der Waals surface area contributed by atoms with Crippen molar-refractivity contribution in [1.29, 1.82) is 0 Å². The molecule has 4 heteroatoms. The molecule has 0 saturated heterocycles. The molecule has 3 aromatic carbocycles. The molecule has 0 radical (unpaired) electrons. The van der Waals surface area contributed by atoms with E-state index in [1.807, 2.05) is 54.6 Å². The number of carbonyl (C=O) groups excluding carboxylic acids is 1. The van der Waals surface area contributed by atoms with Crippen LogP contribution in [-0.2, 0) is 11.2 Å². The molecule has 0 N–H and O–H groups in total. The molecule has 0 bridgehead atoms. The van der Waals surface area contributed by atoms with Crippen molar-refractivity contribution in [3.05, 3.63) is 70.7 Å². The van der Waals surface area contributed by atoms with Crippen molar-refractivity contribution in [2.45, 2.75) is 13.3 Å². The number of esters is 1. The fourth-order valence-corrected chi connectivity index (χ4v) is 2.80. The molecule has 0 aliphatic rings. The smallest absolute Gasteiger partial charge is 0.349 e. The number of aryl methyl sites for hydroxylation is 1. The highest BCUT2D eigenvalue weighted by molar-refractivity contribution is 9.10. The van der Waals surface area contributed by atoms with Crippen LogP contribution >= 0.6 is 15.9 Å². The van der Waals surface area contributed by atoms with Crippen LogP contribution in [0.25, 0.3) is 10.8 Å². The van der Waals surface area contributed by atoms with Gasteiger partial charge in [-0.15, -0.1) is 0 Å². The molecule has 0 aliphatic heterocycles. The maximum absolute atomic E-state index is 12.0. The minimum absolute atomic E-state index is 0.120. The average Bonchev–Trinajstić information content (AvgIpc) is 2.60. The van der Waals surface area contributed by atoms with Crippen molar-refractivity contribution < 1.29 is 14.3 Å². The molecule has 3 aromatic rings. The highest BCUT2D eigenvalue weighted by atomic mass is 79.9. The van der Waals surface area contributed by atoms with Crippen molar-refractivity contribution >= 4 is 32.7 Å². The first-order chi connectivity index (χ1) is 11.6. The van der Waals surface area contributed by atoms with Gasteiger partial charge in [0.2, 0.25) is 0 Å². The zero-order valence-corrected chi connectivity index (χ0v) is 14.9. The van der Waals surface area contributed by atoms with E-state index in [-0.39, 0.29) is 6.61 Å². The Kier molecular flexibility index (Phi) is 5.16. The number of hydrogen-bond donors (Lipinski definition) is 0. The van der Waals surface area contributed by atoms with Gasteiger partial charge in [0.15, 0.2) is 6.61 Å². The third-order valence-electron chi connectivity index (χ3n) is 3.67. The Hall–Kier alpha value is -2.33. The molecular formula is C20H17BrO3. The van der Waals surface area contributed by atoms with E-state index in [1.54, 1.807) is 6.07 Å². The molecule has 0 fully saturated rings. The molecule has 0 aromatic heterocycles. The molecular weight excluding hydrogens is 368 g/mol. The minimum atomic E-state index is -0.423. The molecule has 0 atom stereocenters. The maximum atomic E-state index is 12.0. The van der Waals surface area contributed by atoms with Crippen LogP contribution in [0, 0.1) is 0 Å². The number of hydrogen-bond acceptors (Lipinski definition) is 3. The Morgan fingerprint density at radius 2 is 1.75 bits per heavy atom. The fourth-order valence-electron chi connectivity index (χ4n) is 2.42. The van der Waals surface area contributed by atoms with E-state index < -0.39 is 5.97 Å². The van der Waals surface area contributed by atoms with Gasteiger partial charge in [0, 0.05) is 4.47 Å². The summed E-state index contributed by atoms with van der Waals surface area (Å²) in [4.78, 5) is 12.0. The second-order valence-corrected chi connectivity index (χ2v) is 6.33. The van der Waals surface area contributed by atoms with Gasteiger partial charge in [-0.25, -0.2) is 4.79 Å². The summed E-state index contributed by atoms with van der Waals surface area (Å²) in [6.45, 7) is 1.96. The van der Waals surface area contributed by atoms with Crippen LogP contribution in [0.4, 0.5) is 0 Å². The van der Waals surface area contributed by atoms with E-state index in [2.05, 4.69) is 22.9 Å². The predicted molar refractivity (Wildman–Crippen MR) is 98.6 cm³/mol. The topological polar surface area (TPSA) is 35.5 Å². The number of carbonyl (C=O) groups is 1. The van der Waals surface area contributed by atoms with Crippen LogP contribution in [0.2, 0.25) is 0 Å². The number of halogens is 1. The zero-order chi connectivity index (χ0) is 16.9. The molecule has 0 heterocycles. The van der Waals surface area contributed by atoms with Gasteiger partial charge in [0.05, 0.1) is 0 Å². The lowest BCUT2D eigenvalue weighted by molar-refractivity contribution is -0.136. The Morgan fingerprint density at radius 1 is 0.958 bits per heavy atom. The Morgan fingerprint density at radius 3 is 2.58 bits per heavy atom. The average molecular weight is 385 g/mol. The number of rotatable bonds is 5. The first-order valence-electron chi connectivity index (χ1n) is 7.76. The van der Waals surface area contributed by atoms with E-state index in [1.165, 1.54) is 5.56 Å². The number of benzene rings is 3. The van der Waals surface area contributed by atoms with E-state index in [0.29, 0.717) is 11.5 Å². The van der Waals surface area contributed by atoms with Crippen LogP contribution in [0.1, 0.15) is 12.5 Å². The van der Waals surface area contributed by atoms with E-state index in [4.69, 9.17) is 9.47 Å². The molecule has 0 unspecified atom stereocenters. The molecule has 0 aliphatic carbocycles. The monoisotopic (exact) mass is 384 g/mol. The largest absolute Gasteiger partial charge is 0.482 e. The second-order valence-electron chi connectivity index (χ2n) is 5.42. The Balaban J connectivity index is 1.63. The third-order valence-corrected chi connectivity index (χ3v) is 4.16. The van der Waals surface area contributed by atoms with Gasteiger partial charge in [-0.1, -0.05) is 47.1 Å². The third kappa shape index (κ3) is 4.15. The first kappa shape index (κ1) is 16.5. The lowest BCUT2D eigenvalue weighted by Crippen LogP contribution is -2.17. The highest BCUT2D eigenvalue weighted by Crippen LogP contribution is 2.24. The predicted octanol–water partition coefficient (Wildman–Crippen LogP) is 5.15.